The van der Waals surface area contributed by atoms with Crippen LogP contribution in [0.3, 0.4) is 0 Å². The molecule has 2 atom stereocenters. The topological polar surface area (TPSA) is 35.1 Å². The fourth-order valence-electron chi connectivity index (χ4n) is 1.76. The van der Waals surface area contributed by atoms with Crippen molar-refractivity contribution in [1.82, 2.24) is 0 Å². The molecule has 2 N–H and O–H groups in total. The minimum absolute atomic E-state index is 0.106. The van der Waals surface area contributed by atoms with Gasteiger partial charge in [0, 0.05) is 0 Å². The lowest BCUT2D eigenvalue weighted by Gasteiger charge is -2.28. The summed E-state index contributed by atoms with van der Waals surface area (Å²) in [6.45, 7) is 7.38. The molecule has 0 amide bonds. The van der Waals surface area contributed by atoms with Gasteiger partial charge in [-0.05, 0) is 25.1 Å². The van der Waals surface area contributed by atoms with E-state index in [9.17, 15) is 0 Å². The average Bonchev–Trinajstić information content (AvgIpc) is 2.35. The van der Waals surface area contributed by atoms with Gasteiger partial charge in [-0.15, -0.1) is 0 Å². The third-order valence-electron chi connectivity index (χ3n) is 2.79. The van der Waals surface area contributed by atoms with Gasteiger partial charge in [0.05, 0.1) is 6.54 Å². The molecule has 1 aromatic carbocycles. The van der Waals surface area contributed by atoms with Gasteiger partial charge >= 0.3 is 0 Å². The summed E-state index contributed by atoms with van der Waals surface area (Å²) in [4.78, 5) is 0. The van der Waals surface area contributed by atoms with Crippen molar-refractivity contribution in [3.8, 4) is 11.5 Å². The molecule has 3 heteroatoms. The second kappa shape index (κ2) is 5.03. The summed E-state index contributed by atoms with van der Waals surface area (Å²) in [7, 11) is 0. The van der Waals surface area contributed by atoms with Crippen LogP contribution >= 0.6 is 0 Å². The molecule has 1 heterocycles. The van der Waals surface area contributed by atoms with E-state index in [2.05, 4.69) is 18.8 Å². The van der Waals surface area contributed by atoms with Gasteiger partial charge in [0.1, 0.15) is 12.6 Å². The second-order valence-electron chi connectivity index (χ2n) is 4.03. The van der Waals surface area contributed by atoms with Gasteiger partial charge in [0.2, 0.25) is 0 Å². The highest BCUT2D eigenvalue weighted by Crippen LogP contribution is 2.31. The third kappa shape index (κ3) is 2.36. The lowest BCUT2D eigenvalue weighted by molar-refractivity contribution is -0.684. The number of quaternary nitrogens is 1. The van der Waals surface area contributed by atoms with Crippen LogP contribution in [0.25, 0.3) is 0 Å². The van der Waals surface area contributed by atoms with Crippen LogP contribution in [0.1, 0.15) is 6.92 Å². The van der Waals surface area contributed by atoms with Crippen molar-refractivity contribution in [2.75, 3.05) is 13.2 Å². The van der Waals surface area contributed by atoms with Crippen LogP contribution in [0.15, 0.2) is 36.9 Å². The van der Waals surface area contributed by atoms with Crippen LogP contribution in [-0.4, -0.2) is 25.3 Å². The molecule has 0 bridgehead atoms. The van der Waals surface area contributed by atoms with E-state index in [4.69, 9.17) is 9.47 Å². The molecule has 0 saturated carbocycles. The summed E-state index contributed by atoms with van der Waals surface area (Å²) in [6.07, 6.45) is 2.00. The van der Waals surface area contributed by atoms with Crippen molar-refractivity contribution >= 4 is 0 Å². The molecular weight excluding hydrogens is 202 g/mol. The fourth-order valence-corrected chi connectivity index (χ4v) is 1.76. The number of benzene rings is 1. The van der Waals surface area contributed by atoms with Gasteiger partial charge in [0.15, 0.2) is 17.6 Å². The number of fused-ring (bicyclic) bond motifs is 1. The zero-order chi connectivity index (χ0) is 11.4. The number of nitrogens with two attached hydrogens (primary N) is 1. The Morgan fingerprint density at radius 1 is 1.50 bits per heavy atom. The zero-order valence-corrected chi connectivity index (χ0v) is 9.56. The van der Waals surface area contributed by atoms with E-state index in [1.165, 1.54) is 0 Å². The van der Waals surface area contributed by atoms with Gasteiger partial charge in [-0.1, -0.05) is 18.7 Å². The molecule has 0 spiro atoms. The van der Waals surface area contributed by atoms with Crippen LogP contribution < -0.4 is 14.8 Å². The molecule has 0 aliphatic carbocycles. The standard InChI is InChI=1S/C13H17NO2/c1-3-8-14-10(2)13-9-15-11-6-4-5-7-12(11)16-13/h3-7,10,13-14H,1,8-9H2,2H3/p+1/t10-,13-/m1/s1. The van der Waals surface area contributed by atoms with Crippen LogP contribution in [0.2, 0.25) is 0 Å². The summed E-state index contributed by atoms with van der Waals surface area (Å²) < 4.78 is 11.6. The molecule has 0 saturated heterocycles. The van der Waals surface area contributed by atoms with Gasteiger partial charge in [0.25, 0.3) is 0 Å². The number of ether oxygens (including phenoxy) is 2. The Kier molecular flexibility index (Phi) is 3.47. The predicted molar refractivity (Wildman–Crippen MR) is 62.8 cm³/mol. The first-order valence-electron chi connectivity index (χ1n) is 5.64. The highest BCUT2D eigenvalue weighted by atomic mass is 16.6. The first-order valence-corrected chi connectivity index (χ1v) is 5.64. The summed E-state index contributed by atoms with van der Waals surface area (Å²) in [5, 5.41) is 2.20. The number of hydrogen-bond acceptors (Lipinski definition) is 2. The Balaban J connectivity index is 1.99. The van der Waals surface area contributed by atoms with E-state index in [1.54, 1.807) is 0 Å². The molecule has 16 heavy (non-hydrogen) atoms. The van der Waals surface area contributed by atoms with E-state index in [1.807, 2.05) is 30.3 Å². The molecule has 3 nitrogen and oxygen atoms in total. The quantitative estimate of drug-likeness (QED) is 0.767. The van der Waals surface area contributed by atoms with Gasteiger partial charge in [-0.3, -0.25) is 0 Å². The molecule has 0 unspecified atom stereocenters. The Morgan fingerprint density at radius 3 is 3.00 bits per heavy atom. The number of rotatable bonds is 4. The fraction of sp³-hybridized carbons (Fsp3) is 0.385. The second-order valence-corrected chi connectivity index (χ2v) is 4.03. The molecule has 1 aromatic rings. The Hall–Kier alpha value is -1.48. The minimum Gasteiger partial charge on any atom is -0.486 e. The van der Waals surface area contributed by atoms with Crippen LogP contribution in [-0.2, 0) is 0 Å². The number of hydrogen-bond donors (Lipinski definition) is 1. The highest BCUT2D eigenvalue weighted by Gasteiger charge is 2.27. The Labute approximate surface area is 96.1 Å². The summed E-state index contributed by atoms with van der Waals surface area (Å²) in [5.74, 6) is 1.69. The van der Waals surface area contributed by atoms with Gasteiger partial charge in [-0.25, -0.2) is 0 Å². The number of para-hydroxylation sites is 2. The molecule has 1 aliphatic rings. The van der Waals surface area contributed by atoms with E-state index >= 15 is 0 Å². The normalized spacial score (nSPS) is 20.2. The monoisotopic (exact) mass is 220 g/mol. The van der Waals surface area contributed by atoms with E-state index < -0.39 is 0 Å². The molecule has 2 rings (SSSR count). The maximum absolute atomic E-state index is 5.90. The van der Waals surface area contributed by atoms with Crippen LogP contribution in [0.4, 0.5) is 0 Å². The van der Waals surface area contributed by atoms with Crippen molar-refractivity contribution in [2.24, 2.45) is 0 Å². The summed E-state index contributed by atoms with van der Waals surface area (Å²) in [6, 6.07) is 8.16. The highest BCUT2D eigenvalue weighted by molar-refractivity contribution is 5.40. The van der Waals surface area contributed by atoms with Crippen molar-refractivity contribution in [1.29, 1.82) is 0 Å². The smallest absolute Gasteiger partial charge is 0.184 e. The molecule has 0 fully saturated rings. The maximum atomic E-state index is 5.90. The van der Waals surface area contributed by atoms with Gasteiger partial charge < -0.3 is 14.8 Å². The molecule has 0 radical (unpaired) electrons. The van der Waals surface area contributed by atoms with Crippen LogP contribution in [0, 0.1) is 0 Å². The maximum Gasteiger partial charge on any atom is 0.184 e. The van der Waals surface area contributed by atoms with Crippen LogP contribution in [0.5, 0.6) is 11.5 Å². The summed E-state index contributed by atoms with van der Waals surface area (Å²) in [5.41, 5.74) is 0. The zero-order valence-electron chi connectivity index (χ0n) is 9.56. The summed E-state index contributed by atoms with van der Waals surface area (Å²) >= 11 is 0. The van der Waals surface area contributed by atoms with Crippen molar-refractivity contribution < 1.29 is 14.8 Å². The third-order valence-corrected chi connectivity index (χ3v) is 2.79. The Morgan fingerprint density at radius 2 is 2.25 bits per heavy atom. The van der Waals surface area contributed by atoms with Gasteiger partial charge in [-0.2, -0.15) is 0 Å². The predicted octanol–water partition coefficient (Wildman–Crippen LogP) is 0.964. The molecular formula is C13H18NO2+. The van der Waals surface area contributed by atoms with E-state index in [-0.39, 0.29) is 6.10 Å². The van der Waals surface area contributed by atoms with E-state index in [0.29, 0.717) is 12.6 Å². The molecule has 86 valence electrons. The lowest BCUT2D eigenvalue weighted by atomic mass is 10.1. The lowest BCUT2D eigenvalue weighted by Crippen LogP contribution is -2.92. The Bertz CT molecular complexity index is 365. The molecule has 0 aromatic heterocycles. The van der Waals surface area contributed by atoms with Crippen molar-refractivity contribution in [3.05, 3.63) is 36.9 Å². The van der Waals surface area contributed by atoms with Crippen molar-refractivity contribution in [2.45, 2.75) is 19.1 Å². The average molecular weight is 220 g/mol. The largest absolute Gasteiger partial charge is 0.486 e. The minimum atomic E-state index is 0.106. The SMILES string of the molecule is C=CC[NH2+][C@H](C)[C@H]1COc2ccccc2O1. The molecule has 1 aliphatic heterocycles. The van der Waals surface area contributed by atoms with E-state index in [0.717, 1.165) is 18.0 Å². The van der Waals surface area contributed by atoms with Crippen molar-refractivity contribution in [3.63, 3.8) is 0 Å². The first-order chi connectivity index (χ1) is 7.81. The first kappa shape index (κ1) is 11.0.